The van der Waals surface area contributed by atoms with Gasteiger partial charge in [-0.1, -0.05) is 0 Å². The van der Waals surface area contributed by atoms with Gasteiger partial charge in [-0.05, 0) is 0 Å². The highest BCUT2D eigenvalue weighted by Gasteiger charge is 2.62. The van der Waals surface area contributed by atoms with Gasteiger partial charge in [0.05, 0.1) is 0 Å². The molecule has 13 heavy (non-hydrogen) atoms. The van der Waals surface area contributed by atoms with Crippen molar-refractivity contribution in [1.29, 1.82) is 0 Å². The van der Waals surface area contributed by atoms with Gasteiger partial charge in [-0.3, -0.25) is 0 Å². The number of carbonyl (C=O) groups excluding carboxylic acids is 2. The Morgan fingerprint density at radius 1 is 1.08 bits per heavy atom. The molecule has 0 N–H and O–H groups in total. The lowest BCUT2D eigenvalue weighted by Gasteiger charge is -2.18. The Labute approximate surface area is 66.9 Å². The second-order valence-electron chi connectivity index (χ2n) is 1.69. The molecule has 4 nitrogen and oxygen atoms in total. The minimum atomic E-state index is -6.15. The van der Waals surface area contributed by atoms with E-state index in [0.29, 0.717) is 0 Å². The van der Waals surface area contributed by atoms with E-state index in [0.717, 1.165) is 0 Å². The molecule has 0 aromatic carbocycles. The fourth-order valence-electron chi connectivity index (χ4n) is 0.216. The first kappa shape index (κ1) is 11.6. The van der Waals surface area contributed by atoms with Gasteiger partial charge < -0.3 is 14.6 Å². The molecule has 0 rings (SSSR count). The van der Waals surface area contributed by atoms with Crippen LogP contribution in [0.1, 0.15) is 0 Å². The molecule has 0 unspecified atom stereocenters. The predicted molar refractivity (Wildman–Crippen MR) is 22.1 cm³/mol. The van der Waals surface area contributed by atoms with Crippen LogP contribution >= 0.6 is 0 Å². The normalized spacial score (nSPS) is 12.4. The van der Waals surface area contributed by atoms with Gasteiger partial charge >= 0.3 is 18.3 Å². The molecule has 0 aliphatic heterocycles. The van der Waals surface area contributed by atoms with Crippen LogP contribution in [0.5, 0.6) is 0 Å². The highest BCUT2D eigenvalue weighted by atomic mass is 19.4. The number of alkyl halides is 5. The van der Waals surface area contributed by atoms with E-state index in [1.54, 1.807) is 0 Å². The lowest BCUT2D eigenvalue weighted by atomic mass is 10.6. The maximum absolute atomic E-state index is 11.7. The second-order valence-corrected chi connectivity index (χ2v) is 1.69. The van der Waals surface area contributed by atoms with Crippen LogP contribution in [-0.2, 0) is 14.3 Å². The minimum Gasteiger partial charge on any atom is -0.539 e. The first-order valence-corrected chi connectivity index (χ1v) is 2.47. The lowest BCUT2D eigenvalue weighted by molar-refractivity contribution is -0.379. The molecule has 0 spiro atoms. The van der Waals surface area contributed by atoms with Gasteiger partial charge in [0.25, 0.3) is 0 Å². The number of hydrogen-bond donors (Lipinski definition) is 0. The van der Waals surface area contributed by atoms with Crippen molar-refractivity contribution >= 4 is 11.9 Å². The summed E-state index contributed by atoms with van der Waals surface area (Å²) in [5, 5.41) is 9.42. The average Bonchev–Trinajstić information content (AvgIpc) is 1.83. The van der Waals surface area contributed by atoms with Gasteiger partial charge in [-0.15, -0.1) is 0 Å². The van der Waals surface area contributed by atoms with E-state index in [9.17, 15) is 36.6 Å². The molecule has 0 aromatic heterocycles. The largest absolute Gasteiger partial charge is 0.539 e. The molecular formula is C4F5O4-. The zero-order valence-corrected chi connectivity index (χ0v) is 5.52. The zero-order valence-electron chi connectivity index (χ0n) is 5.52. The van der Waals surface area contributed by atoms with Crippen LogP contribution in [-0.4, -0.2) is 24.2 Å². The van der Waals surface area contributed by atoms with Crippen molar-refractivity contribution < 1.29 is 41.4 Å². The number of rotatable bonds is 1. The molecule has 0 amide bonds. The van der Waals surface area contributed by atoms with Crippen molar-refractivity contribution in [2.45, 2.75) is 12.3 Å². The van der Waals surface area contributed by atoms with Crippen molar-refractivity contribution in [3.63, 3.8) is 0 Å². The van der Waals surface area contributed by atoms with Gasteiger partial charge in [-0.2, -0.15) is 22.0 Å². The summed E-state index contributed by atoms with van der Waals surface area (Å²) in [6.45, 7) is 0. The van der Waals surface area contributed by atoms with Gasteiger partial charge in [-0.25, -0.2) is 4.79 Å². The Hall–Kier alpha value is -1.41. The van der Waals surface area contributed by atoms with Crippen LogP contribution in [0.15, 0.2) is 0 Å². The van der Waals surface area contributed by atoms with E-state index in [1.165, 1.54) is 0 Å². The monoisotopic (exact) mass is 207 g/mol. The second kappa shape index (κ2) is 3.15. The third kappa shape index (κ3) is 2.84. The predicted octanol–water partition coefficient (Wildman–Crippen LogP) is -0.565. The van der Waals surface area contributed by atoms with Crippen LogP contribution in [0.25, 0.3) is 0 Å². The minimum absolute atomic E-state index is 2.30. The van der Waals surface area contributed by atoms with E-state index >= 15 is 0 Å². The van der Waals surface area contributed by atoms with Crippen molar-refractivity contribution in [2.24, 2.45) is 0 Å². The Balaban J connectivity index is 4.53. The average molecular weight is 207 g/mol. The first-order chi connectivity index (χ1) is 5.58. The van der Waals surface area contributed by atoms with Crippen LogP contribution in [0.2, 0.25) is 0 Å². The third-order valence-corrected chi connectivity index (χ3v) is 0.718. The molecule has 0 heterocycles. The summed E-state index contributed by atoms with van der Waals surface area (Å²) in [7, 11) is 0. The summed E-state index contributed by atoms with van der Waals surface area (Å²) in [5.41, 5.74) is 0. The summed E-state index contributed by atoms with van der Waals surface area (Å²) in [5.74, 6) is -5.58. The number of halogens is 5. The van der Waals surface area contributed by atoms with E-state index in [4.69, 9.17) is 0 Å². The molecule has 9 heteroatoms. The number of carbonyl (C=O) groups is 2. The number of esters is 1. The van der Waals surface area contributed by atoms with Crippen molar-refractivity contribution in [3.05, 3.63) is 0 Å². The summed E-state index contributed by atoms with van der Waals surface area (Å²) in [6, 6.07) is 0. The molecule has 0 aliphatic rings. The Bertz CT molecular complexity index is 231. The molecule has 0 saturated heterocycles. The van der Waals surface area contributed by atoms with Gasteiger partial charge in [0.15, 0.2) is 5.97 Å². The lowest BCUT2D eigenvalue weighted by Crippen LogP contribution is -2.45. The van der Waals surface area contributed by atoms with Gasteiger partial charge in [0, 0.05) is 0 Å². The Morgan fingerprint density at radius 3 is 1.69 bits per heavy atom. The van der Waals surface area contributed by atoms with Crippen molar-refractivity contribution in [1.82, 2.24) is 0 Å². The molecule has 0 radical (unpaired) electrons. The van der Waals surface area contributed by atoms with E-state index in [-0.39, 0.29) is 0 Å². The summed E-state index contributed by atoms with van der Waals surface area (Å²) >= 11 is 0. The molecule has 0 aliphatic carbocycles. The highest BCUT2D eigenvalue weighted by Crippen LogP contribution is 2.36. The molecule has 0 fully saturated rings. The van der Waals surface area contributed by atoms with Crippen LogP contribution in [0, 0.1) is 0 Å². The molecule has 0 atom stereocenters. The summed E-state index contributed by atoms with van der Waals surface area (Å²) in [6.07, 6.45) is -12.0. The standard InChI is InChI=1S/C4HF5O4/c5-3(6,7)4(8,9)13-2(12)1(10)11/h(H,10,11)/p-1. The molecule has 0 bridgehead atoms. The van der Waals surface area contributed by atoms with E-state index in [2.05, 4.69) is 4.74 Å². The Kier molecular flexibility index (Phi) is 2.81. The highest BCUT2D eigenvalue weighted by molar-refractivity contribution is 6.27. The SMILES string of the molecule is O=C([O-])C(=O)OC(F)(F)C(F)(F)F. The van der Waals surface area contributed by atoms with Crippen LogP contribution in [0.3, 0.4) is 0 Å². The van der Waals surface area contributed by atoms with Crippen molar-refractivity contribution in [3.8, 4) is 0 Å². The van der Waals surface area contributed by atoms with Gasteiger partial charge in [0.1, 0.15) is 0 Å². The molecule has 76 valence electrons. The zero-order chi connectivity index (χ0) is 10.9. The summed E-state index contributed by atoms with van der Waals surface area (Å²) < 4.78 is 59.3. The number of hydrogen-bond acceptors (Lipinski definition) is 4. The molecular weight excluding hydrogens is 207 g/mol. The maximum Gasteiger partial charge on any atom is 0.501 e. The Morgan fingerprint density at radius 2 is 1.46 bits per heavy atom. The molecule has 0 saturated carbocycles. The number of carboxylic acids is 1. The number of aliphatic carboxylic acids is 1. The number of ether oxygens (including phenoxy) is 1. The topological polar surface area (TPSA) is 66.4 Å². The smallest absolute Gasteiger partial charge is 0.501 e. The van der Waals surface area contributed by atoms with Crippen LogP contribution < -0.4 is 5.11 Å². The van der Waals surface area contributed by atoms with E-state index in [1.807, 2.05) is 0 Å². The third-order valence-electron chi connectivity index (χ3n) is 0.718. The first-order valence-electron chi connectivity index (χ1n) is 2.47. The van der Waals surface area contributed by atoms with Crippen LogP contribution in [0.4, 0.5) is 22.0 Å². The summed E-state index contributed by atoms with van der Waals surface area (Å²) in [4.78, 5) is 19.2. The van der Waals surface area contributed by atoms with Crippen molar-refractivity contribution in [2.75, 3.05) is 0 Å². The maximum atomic E-state index is 11.7. The molecule has 0 aromatic rings. The number of carboxylic acid groups (broad SMARTS) is 1. The fourth-order valence-corrected chi connectivity index (χ4v) is 0.216. The van der Waals surface area contributed by atoms with Gasteiger partial charge in [0.2, 0.25) is 0 Å². The fraction of sp³-hybridized carbons (Fsp3) is 0.500. The van der Waals surface area contributed by atoms with E-state index < -0.39 is 24.2 Å². The quantitative estimate of drug-likeness (QED) is 0.328.